The Morgan fingerprint density at radius 3 is 2.77 bits per heavy atom. The first-order valence-electron chi connectivity index (χ1n) is 9.53. The maximum absolute atomic E-state index is 12.9. The summed E-state index contributed by atoms with van der Waals surface area (Å²) in [5, 5.41) is 8.10. The number of aryl methyl sites for hydroxylation is 2. The molecule has 0 saturated heterocycles. The van der Waals surface area contributed by atoms with Crippen molar-refractivity contribution >= 4 is 17.3 Å². The molecule has 1 saturated carbocycles. The Kier molecular flexibility index (Phi) is 4.42. The van der Waals surface area contributed by atoms with Crippen LogP contribution in [0.25, 0.3) is 0 Å². The highest BCUT2D eigenvalue weighted by atomic mass is 16.4. The van der Waals surface area contributed by atoms with Gasteiger partial charge in [0.1, 0.15) is 0 Å². The molecule has 1 aromatic heterocycles. The average Bonchev–Trinajstić information content (AvgIpc) is 3.36. The number of rotatable bonds is 5. The maximum atomic E-state index is 12.9. The Morgan fingerprint density at radius 1 is 1.27 bits per heavy atom. The fraction of sp³-hybridized carbons (Fsp3) is 0.550. The number of carbonyl (C=O) groups excluding carboxylic acids is 1. The quantitative estimate of drug-likeness (QED) is 0.823. The van der Waals surface area contributed by atoms with Gasteiger partial charge in [-0.1, -0.05) is 26.0 Å². The van der Waals surface area contributed by atoms with Gasteiger partial charge in [-0.25, -0.2) is 0 Å². The van der Waals surface area contributed by atoms with Gasteiger partial charge in [0.2, 0.25) is 17.7 Å². The molecule has 2 aromatic rings. The predicted molar refractivity (Wildman–Crippen MR) is 101 cm³/mol. The standard InChI is InChI=1S/C20H26N4O2/c1-13(2)20-22-21-17(26-20)9-10-18(25)24-12-11-23(15-7-8-15)19-14(3)5-4-6-16(19)24/h4-6,13,15H,7-12H2,1-3H3. The van der Waals surface area contributed by atoms with Crippen molar-refractivity contribution < 1.29 is 9.21 Å². The second-order valence-electron chi connectivity index (χ2n) is 7.60. The van der Waals surface area contributed by atoms with E-state index in [4.69, 9.17) is 4.42 Å². The third-order valence-corrected chi connectivity index (χ3v) is 5.18. The summed E-state index contributed by atoms with van der Waals surface area (Å²) in [6, 6.07) is 6.89. The molecule has 2 aliphatic rings. The van der Waals surface area contributed by atoms with E-state index in [2.05, 4.69) is 34.2 Å². The molecule has 1 amide bonds. The van der Waals surface area contributed by atoms with Crippen molar-refractivity contribution in [1.29, 1.82) is 0 Å². The van der Waals surface area contributed by atoms with Gasteiger partial charge in [0.05, 0.1) is 11.4 Å². The van der Waals surface area contributed by atoms with E-state index in [1.165, 1.54) is 24.1 Å². The van der Waals surface area contributed by atoms with Gasteiger partial charge < -0.3 is 14.2 Å². The minimum absolute atomic E-state index is 0.122. The predicted octanol–water partition coefficient (Wildman–Crippen LogP) is 3.45. The molecule has 2 heterocycles. The Hall–Kier alpha value is -2.37. The van der Waals surface area contributed by atoms with Crippen LogP contribution in [0.2, 0.25) is 0 Å². The maximum Gasteiger partial charge on any atom is 0.227 e. The average molecular weight is 354 g/mol. The van der Waals surface area contributed by atoms with Crippen LogP contribution in [0.1, 0.15) is 56.4 Å². The molecule has 0 radical (unpaired) electrons. The first kappa shape index (κ1) is 17.1. The van der Waals surface area contributed by atoms with E-state index in [1.807, 2.05) is 24.8 Å². The molecule has 0 spiro atoms. The van der Waals surface area contributed by atoms with E-state index in [9.17, 15) is 4.79 Å². The number of hydrogen-bond acceptors (Lipinski definition) is 5. The molecule has 0 atom stereocenters. The van der Waals surface area contributed by atoms with E-state index < -0.39 is 0 Å². The van der Waals surface area contributed by atoms with Crippen molar-refractivity contribution in [2.24, 2.45) is 0 Å². The highest BCUT2D eigenvalue weighted by Crippen LogP contribution is 2.42. The lowest BCUT2D eigenvalue weighted by Crippen LogP contribution is -2.45. The molecule has 26 heavy (non-hydrogen) atoms. The van der Waals surface area contributed by atoms with Gasteiger partial charge in [0.15, 0.2) is 0 Å². The number of para-hydroxylation sites is 1. The number of carbonyl (C=O) groups is 1. The molecule has 1 aromatic carbocycles. The Labute approximate surface area is 154 Å². The van der Waals surface area contributed by atoms with Crippen molar-refractivity contribution in [2.45, 2.75) is 58.4 Å². The number of aromatic nitrogens is 2. The SMILES string of the molecule is Cc1cccc2c1N(C1CC1)CCN2C(=O)CCc1nnc(C(C)C)o1. The summed E-state index contributed by atoms with van der Waals surface area (Å²) >= 11 is 0. The molecule has 1 aliphatic heterocycles. The summed E-state index contributed by atoms with van der Waals surface area (Å²) in [5.74, 6) is 1.50. The van der Waals surface area contributed by atoms with Gasteiger partial charge >= 0.3 is 0 Å². The summed E-state index contributed by atoms with van der Waals surface area (Å²) in [4.78, 5) is 17.3. The van der Waals surface area contributed by atoms with Crippen molar-refractivity contribution in [2.75, 3.05) is 22.9 Å². The zero-order chi connectivity index (χ0) is 18.3. The van der Waals surface area contributed by atoms with E-state index in [0.717, 1.165) is 18.8 Å². The number of amides is 1. The van der Waals surface area contributed by atoms with E-state index >= 15 is 0 Å². The second kappa shape index (κ2) is 6.74. The number of hydrogen-bond donors (Lipinski definition) is 0. The number of benzene rings is 1. The lowest BCUT2D eigenvalue weighted by atomic mass is 10.1. The Balaban J connectivity index is 1.49. The van der Waals surface area contributed by atoms with Gasteiger partial charge in [-0.05, 0) is 31.4 Å². The van der Waals surface area contributed by atoms with Gasteiger partial charge in [0, 0.05) is 37.9 Å². The summed E-state index contributed by atoms with van der Waals surface area (Å²) in [6.07, 6.45) is 3.40. The Morgan fingerprint density at radius 2 is 2.08 bits per heavy atom. The molecule has 6 nitrogen and oxygen atoms in total. The molecule has 0 bridgehead atoms. The summed E-state index contributed by atoms with van der Waals surface area (Å²) in [6.45, 7) is 7.81. The first-order chi connectivity index (χ1) is 12.5. The fourth-order valence-electron chi connectivity index (χ4n) is 3.64. The molecule has 0 N–H and O–H groups in total. The normalized spacial score (nSPS) is 16.9. The van der Waals surface area contributed by atoms with Crippen LogP contribution in [0.4, 0.5) is 11.4 Å². The molecular weight excluding hydrogens is 328 g/mol. The van der Waals surface area contributed by atoms with Gasteiger partial charge in [-0.3, -0.25) is 4.79 Å². The number of fused-ring (bicyclic) bond motifs is 1. The highest BCUT2D eigenvalue weighted by Gasteiger charge is 2.36. The van der Waals surface area contributed by atoms with Crippen LogP contribution in [-0.2, 0) is 11.2 Å². The van der Waals surface area contributed by atoms with Crippen molar-refractivity contribution in [3.05, 3.63) is 35.5 Å². The third kappa shape index (κ3) is 3.20. The number of anilines is 2. The molecule has 1 fully saturated rings. The van der Waals surface area contributed by atoms with Crippen LogP contribution >= 0.6 is 0 Å². The van der Waals surface area contributed by atoms with Crippen LogP contribution in [0.15, 0.2) is 22.6 Å². The molecule has 0 unspecified atom stereocenters. The van der Waals surface area contributed by atoms with E-state index in [1.54, 1.807) is 0 Å². The van der Waals surface area contributed by atoms with Crippen molar-refractivity contribution in [3.63, 3.8) is 0 Å². The first-order valence-corrected chi connectivity index (χ1v) is 9.53. The smallest absolute Gasteiger partial charge is 0.227 e. The zero-order valence-corrected chi connectivity index (χ0v) is 15.7. The van der Waals surface area contributed by atoms with E-state index in [-0.39, 0.29) is 11.8 Å². The molecule has 138 valence electrons. The minimum atomic E-state index is 0.122. The molecule has 4 rings (SSSR count). The lowest BCUT2D eigenvalue weighted by Gasteiger charge is -2.39. The molecule has 1 aliphatic carbocycles. The lowest BCUT2D eigenvalue weighted by molar-refractivity contribution is -0.118. The van der Waals surface area contributed by atoms with Crippen LogP contribution in [0.3, 0.4) is 0 Å². The van der Waals surface area contributed by atoms with Crippen molar-refractivity contribution in [1.82, 2.24) is 10.2 Å². The third-order valence-electron chi connectivity index (χ3n) is 5.18. The largest absolute Gasteiger partial charge is 0.425 e. The number of nitrogens with zero attached hydrogens (tertiary/aromatic N) is 4. The van der Waals surface area contributed by atoms with Crippen molar-refractivity contribution in [3.8, 4) is 0 Å². The Bertz CT molecular complexity index is 810. The summed E-state index contributed by atoms with van der Waals surface area (Å²) in [5.41, 5.74) is 3.52. The zero-order valence-electron chi connectivity index (χ0n) is 15.7. The minimum Gasteiger partial charge on any atom is -0.425 e. The topological polar surface area (TPSA) is 62.5 Å². The highest BCUT2D eigenvalue weighted by molar-refractivity contribution is 5.98. The molecule has 6 heteroatoms. The van der Waals surface area contributed by atoms with Gasteiger partial charge in [-0.15, -0.1) is 10.2 Å². The summed E-state index contributed by atoms with van der Waals surface area (Å²) in [7, 11) is 0. The molecular formula is C20H26N4O2. The van der Waals surface area contributed by atoms with Crippen LogP contribution in [0.5, 0.6) is 0 Å². The van der Waals surface area contributed by atoms with Crippen LogP contribution in [-0.4, -0.2) is 35.2 Å². The van der Waals surface area contributed by atoms with Crippen LogP contribution in [0, 0.1) is 6.92 Å². The van der Waals surface area contributed by atoms with Crippen LogP contribution < -0.4 is 9.80 Å². The van der Waals surface area contributed by atoms with Gasteiger partial charge in [0.25, 0.3) is 0 Å². The second-order valence-corrected chi connectivity index (χ2v) is 7.60. The summed E-state index contributed by atoms with van der Waals surface area (Å²) < 4.78 is 5.63. The monoisotopic (exact) mass is 354 g/mol. The van der Waals surface area contributed by atoms with E-state index in [0.29, 0.717) is 30.7 Å². The fourth-order valence-corrected chi connectivity index (χ4v) is 3.64. The van der Waals surface area contributed by atoms with Gasteiger partial charge in [-0.2, -0.15) is 0 Å².